The number of rotatable bonds is 9. The molecule has 0 fully saturated rings. The van der Waals surface area contributed by atoms with Crippen molar-refractivity contribution in [3.8, 4) is 0 Å². The minimum atomic E-state index is -0.522. The zero-order valence-electron chi connectivity index (χ0n) is 14.4. The highest BCUT2D eigenvalue weighted by atomic mass is 16.2. The summed E-state index contributed by atoms with van der Waals surface area (Å²) in [5.74, 6) is 2.09. The van der Waals surface area contributed by atoms with Gasteiger partial charge in [0, 0.05) is 63.3 Å². The molecular weight excluding hydrogens is 358 g/mol. The van der Waals surface area contributed by atoms with Gasteiger partial charge in [0.25, 0.3) is 23.6 Å². The SMILES string of the molecule is NNC(=O)CCC(=O)N(CCN1C(=O)C=CC1=O)CCN1C(=O)C=CC1=O. The molecular formula is C16H19N5O6. The van der Waals surface area contributed by atoms with E-state index in [9.17, 15) is 28.8 Å². The van der Waals surface area contributed by atoms with E-state index in [1.807, 2.05) is 5.43 Å². The predicted octanol–water partition coefficient (Wildman–Crippen LogP) is -2.56. The van der Waals surface area contributed by atoms with Gasteiger partial charge < -0.3 is 4.90 Å². The normalized spacial score (nSPS) is 15.9. The van der Waals surface area contributed by atoms with Crippen LogP contribution in [0, 0.1) is 0 Å². The molecule has 0 spiro atoms. The molecule has 0 bridgehead atoms. The Morgan fingerprint density at radius 2 is 1.22 bits per heavy atom. The molecule has 0 aromatic rings. The van der Waals surface area contributed by atoms with Gasteiger partial charge in [0.2, 0.25) is 11.8 Å². The summed E-state index contributed by atoms with van der Waals surface area (Å²) in [6.45, 7) is -0.0724. The molecule has 11 nitrogen and oxygen atoms in total. The topological polar surface area (TPSA) is 150 Å². The number of nitrogens with two attached hydrogens (primary N) is 1. The van der Waals surface area contributed by atoms with E-state index < -0.39 is 35.4 Å². The first-order valence-electron chi connectivity index (χ1n) is 8.17. The summed E-state index contributed by atoms with van der Waals surface area (Å²) in [7, 11) is 0. The monoisotopic (exact) mass is 377 g/mol. The third-order valence-corrected chi connectivity index (χ3v) is 4.07. The summed E-state index contributed by atoms with van der Waals surface area (Å²) in [6, 6.07) is 0. The first-order chi connectivity index (χ1) is 12.8. The van der Waals surface area contributed by atoms with Gasteiger partial charge in [-0.1, -0.05) is 0 Å². The van der Waals surface area contributed by atoms with Gasteiger partial charge in [-0.2, -0.15) is 0 Å². The quantitative estimate of drug-likeness (QED) is 0.194. The summed E-state index contributed by atoms with van der Waals surface area (Å²) in [5.41, 5.74) is 1.91. The van der Waals surface area contributed by atoms with E-state index in [2.05, 4.69) is 0 Å². The largest absolute Gasteiger partial charge is 0.339 e. The van der Waals surface area contributed by atoms with Gasteiger partial charge in [-0.3, -0.25) is 44.0 Å². The summed E-state index contributed by atoms with van der Waals surface area (Å²) < 4.78 is 0. The minimum absolute atomic E-state index is 0.00584. The number of hydrazine groups is 1. The van der Waals surface area contributed by atoms with Crippen molar-refractivity contribution in [3.63, 3.8) is 0 Å². The second-order valence-electron chi connectivity index (χ2n) is 5.77. The third-order valence-electron chi connectivity index (χ3n) is 4.07. The van der Waals surface area contributed by atoms with Crippen LogP contribution in [0.4, 0.5) is 0 Å². The number of nitrogens with one attached hydrogen (secondary N) is 1. The fourth-order valence-electron chi connectivity index (χ4n) is 2.56. The van der Waals surface area contributed by atoms with Gasteiger partial charge in [-0.05, 0) is 0 Å². The third kappa shape index (κ3) is 5.07. The summed E-state index contributed by atoms with van der Waals surface area (Å²) in [5, 5.41) is 0. The van der Waals surface area contributed by atoms with E-state index in [0.29, 0.717) is 0 Å². The standard InChI is InChI=1S/C16H19N5O6/c17-18-11(22)1-2-12(23)19(7-9-20-13(24)3-4-14(20)25)8-10-21-15(26)5-6-16(21)27/h3-6H,1-2,7-10,17H2,(H,18,22). The maximum atomic E-state index is 12.4. The molecule has 3 N–H and O–H groups in total. The highest BCUT2D eigenvalue weighted by Crippen LogP contribution is 2.07. The smallest absolute Gasteiger partial charge is 0.253 e. The Morgan fingerprint density at radius 3 is 1.59 bits per heavy atom. The lowest BCUT2D eigenvalue weighted by Crippen LogP contribution is -2.45. The lowest BCUT2D eigenvalue weighted by atomic mass is 10.2. The average Bonchev–Trinajstić information content (AvgIpc) is 3.14. The van der Waals surface area contributed by atoms with E-state index in [4.69, 9.17) is 5.84 Å². The first-order valence-corrected chi connectivity index (χ1v) is 8.17. The van der Waals surface area contributed by atoms with Gasteiger partial charge in [0.15, 0.2) is 0 Å². The van der Waals surface area contributed by atoms with Crippen LogP contribution in [0.3, 0.4) is 0 Å². The lowest BCUT2D eigenvalue weighted by molar-refractivity contribution is -0.140. The van der Waals surface area contributed by atoms with Crippen molar-refractivity contribution in [1.29, 1.82) is 0 Å². The molecule has 0 atom stereocenters. The number of carbonyl (C=O) groups is 6. The van der Waals surface area contributed by atoms with E-state index >= 15 is 0 Å². The number of imide groups is 2. The predicted molar refractivity (Wildman–Crippen MR) is 89.9 cm³/mol. The lowest BCUT2D eigenvalue weighted by Gasteiger charge is -2.26. The second kappa shape index (κ2) is 8.85. The van der Waals surface area contributed by atoms with E-state index in [1.54, 1.807) is 0 Å². The maximum Gasteiger partial charge on any atom is 0.253 e. The van der Waals surface area contributed by atoms with Crippen molar-refractivity contribution in [2.45, 2.75) is 12.8 Å². The van der Waals surface area contributed by atoms with Crippen molar-refractivity contribution in [2.75, 3.05) is 26.2 Å². The van der Waals surface area contributed by atoms with Crippen LogP contribution in [-0.2, 0) is 28.8 Å². The molecule has 27 heavy (non-hydrogen) atoms. The number of hydrogen-bond donors (Lipinski definition) is 2. The highest BCUT2D eigenvalue weighted by Gasteiger charge is 2.27. The molecule has 0 saturated carbocycles. The summed E-state index contributed by atoms with van der Waals surface area (Å²) >= 11 is 0. The number of nitrogens with zero attached hydrogens (tertiary/aromatic N) is 3. The molecule has 6 amide bonds. The van der Waals surface area contributed by atoms with Crippen molar-refractivity contribution in [3.05, 3.63) is 24.3 Å². The van der Waals surface area contributed by atoms with Gasteiger partial charge in [0.1, 0.15) is 0 Å². The Morgan fingerprint density at radius 1 is 0.815 bits per heavy atom. The Balaban J connectivity index is 1.96. The van der Waals surface area contributed by atoms with Crippen LogP contribution >= 0.6 is 0 Å². The summed E-state index contributed by atoms with van der Waals surface area (Å²) in [4.78, 5) is 73.3. The van der Waals surface area contributed by atoms with Crippen LogP contribution in [-0.4, -0.2) is 76.3 Å². The van der Waals surface area contributed by atoms with Gasteiger partial charge in [-0.25, -0.2) is 5.84 Å². The Labute approximate surface area is 154 Å². The number of hydrogen-bond acceptors (Lipinski definition) is 7. The average molecular weight is 377 g/mol. The van der Waals surface area contributed by atoms with Gasteiger partial charge >= 0.3 is 0 Å². The molecule has 2 rings (SSSR count). The van der Waals surface area contributed by atoms with Crippen molar-refractivity contribution < 1.29 is 28.8 Å². The molecule has 0 aliphatic carbocycles. The first kappa shape index (κ1) is 20.0. The minimum Gasteiger partial charge on any atom is -0.339 e. The van der Waals surface area contributed by atoms with Gasteiger partial charge in [0.05, 0.1) is 0 Å². The fourth-order valence-corrected chi connectivity index (χ4v) is 2.56. The van der Waals surface area contributed by atoms with E-state index in [0.717, 1.165) is 34.1 Å². The molecule has 2 aliphatic heterocycles. The van der Waals surface area contributed by atoms with Crippen LogP contribution < -0.4 is 11.3 Å². The fraction of sp³-hybridized carbons (Fsp3) is 0.375. The van der Waals surface area contributed by atoms with Crippen LogP contribution in [0.2, 0.25) is 0 Å². The van der Waals surface area contributed by atoms with Crippen molar-refractivity contribution >= 4 is 35.4 Å². The summed E-state index contributed by atoms with van der Waals surface area (Å²) in [6.07, 6.45) is 4.24. The molecule has 0 radical (unpaired) electrons. The molecule has 0 saturated heterocycles. The molecule has 0 unspecified atom stereocenters. The maximum absolute atomic E-state index is 12.4. The van der Waals surface area contributed by atoms with E-state index in [-0.39, 0.29) is 39.0 Å². The molecule has 11 heteroatoms. The molecule has 0 aromatic heterocycles. The van der Waals surface area contributed by atoms with E-state index in [1.165, 1.54) is 4.90 Å². The van der Waals surface area contributed by atoms with Gasteiger partial charge in [-0.15, -0.1) is 0 Å². The Hall–Kier alpha value is -3.34. The molecule has 144 valence electrons. The van der Waals surface area contributed by atoms with Crippen molar-refractivity contribution in [1.82, 2.24) is 20.1 Å². The van der Waals surface area contributed by atoms with Crippen LogP contribution in [0.25, 0.3) is 0 Å². The second-order valence-corrected chi connectivity index (χ2v) is 5.77. The zero-order chi connectivity index (χ0) is 20.0. The Kier molecular flexibility index (Phi) is 6.55. The molecule has 2 aliphatic rings. The van der Waals surface area contributed by atoms with Crippen molar-refractivity contribution in [2.24, 2.45) is 5.84 Å². The van der Waals surface area contributed by atoms with Crippen LogP contribution in [0.15, 0.2) is 24.3 Å². The Bertz CT molecular complexity index is 662. The number of amides is 6. The highest BCUT2D eigenvalue weighted by molar-refractivity contribution is 6.13. The van der Waals surface area contributed by atoms with Crippen LogP contribution in [0.5, 0.6) is 0 Å². The zero-order valence-corrected chi connectivity index (χ0v) is 14.4. The van der Waals surface area contributed by atoms with Crippen LogP contribution in [0.1, 0.15) is 12.8 Å². The number of carbonyl (C=O) groups excluding carboxylic acids is 6. The molecule has 0 aromatic carbocycles. The molecule has 2 heterocycles.